The lowest BCUT2D eigenvalue weighted by molar-refractivity contribution is 0.406. The van der Waals surface area contributed by atoms with E-state index in [1.165, 1.54) is 10.7 Å². The summed E-state index contributed by atoms with van der Waals surface area (Å²) in [5, 5.41) is 13.1. The lowest BCUT2D eigenvalue weighted by Crippen LogP contribution is -2.24. The first-order valence-corrected chi connectivity index (χ1v) is 6.36. The summed E-state index contributed by atoms with van der Waals surface area (Å²) >= 11 is 0. The molecule has 0 aliphatic carbocycles. The number of anilines is 1. The number of rotatable bonds is 4. The van der Waals surface area contributed by atoms with Crippen molar-refractivity contribution in [2.75, 3.05) is 26.1 Å². The Morgan fingerprint density at radius 2 is 2.14 bits per heavy atom. The number of nitriles is 1. The molecule has 0 unspecified atom stereocenters. The maximum Gasteiger partial charge on any atom is 0.269 e. The van der Waals surface area contributed by atoms with E-state index < -0.39 is 0 Å². The molecule has 1 heterocycles. The molecule has 0 atom stereocenters. The van der Waals surface area contributed by atoms with Gasteiger partial charge in [-0.05, 0) is 18.2 Å². The summed E-state index contributed by atoms with van der Waals surface area (Å²) in [4.78, 5) is 13.9. The molecule has 108 valence electrons. The lowest BCUT2D eigenvalue weighted by atomic mass is 10.1. The number of ether oxygens (including phenoxy) is 1. The van der Waals surface area contributed by atoms with Crippen molar-refractivity contribution in [1.29, 1.82) is 5.26 Å². The molecule has 6 heteroatoms. The molecular formula is C15H16N4O2. The lowest BCUT2D eigenvalue weighted by Gasteiger charge is -2.13. The third-order valence-corrected chi connectivity index (χ3v) is 3.10. The average Bonchev–Trinajstić information content (AvgIpc) is 2.49. The fourth-order valence-corrected chi connectivity index (χ4v) is 1.92. The molecule has 1 aromatic heterocycles. The van der Waals surface area contributed by atoms with Crippen molar-refractivity contribution < 1.29 is 4.74 Å². The van der Waals surface area contributed by atoms with Crippen LogP contribution in [-0.4, -0.2) is 31.0 Å². The van der Waals surface area contributed by atoms with Crippen LogP contribution >= 0.6 is 0 Å². The van der Waals surface area contributed by atoms with Gasteiger partial charge in [-0.3, -0.25) is 4.79 Å². The summed E-state index contributed by atoms with van der Waals surface area (Å²) < 4.78 is 6.60. The van der Waals surface area contributed by atoms with Crippen LogP contribution in [0.4, 0.5) is 5.69 Å². The fourth-order valence-electron chi connectivity index (χ4n) is 1.92. The van der Waals surface area contributed by atoms with E-state index in [1.54, 1.807) is 31.5 Å². The minimum atomic E-state index is -0.203. The van der Waals surface area contributed by atoms with Crippen molar-refractivity contribution in [1.82, 2.24) is 9.78 Å². The van der Waals surface area contributed by atoms with E-state index in [0.717, 1.165) is 11.3 Å². The molecule has 0 bridgehead atoms. The highest BCUT2D eigenvalue weighted by molar-refractivity contribution is 5.43. The van der Waals surface area contributed by atoms with Gasteiger partial charge in [-0.15, -0.1) is 0 Å². The van der Waals surface area contributed by atoms with Crippen molar-refractivity contribution >= 4 is 5.69 Å². The second kappa shape index (κ2) is 6.09. The predicted molar refractivity (Wildman–Crippen MR) is 79.6 cm³/mol. The molecule has 0 amide bonds. The highest BCUT2D eigenvalue weighted by atomic mass is 16.5. The quantitative estimate of drug-likeness (QED) is 0.844. The highest BCUT2D eigenvalue weighted by Crippen LogP contribution is 2.20. The van der Waals surface area contributed by atoms with Gasteiger partial charge in [0.15, 0.2) is 0 Å². The normalized spacial score (nSPS) is 10.0. The summed E-state index contributed by atoms with van der Waals surface area (Å²) in [5.74, 6) is 0.624. The van der Waals surface area contributed by atoms with Crippen LogP contribution in [0.1, 0.15) is 11.1 Å². The zero-order chi connectivity index (χ0) is 15.4. The molecule has 21 heavy (non-hydrogen) atoms. The van der Waals surface area contributed by atoms with E-state index in [1.807, 2.05) is 19.0 Å². The number of nitrogens with zero attached hydrogens (tertiary/aromatic N) is 4. The molecule has 0 radical (unpaired) electrons. The average molecular weight is 284 g/mol. The Morgan fingerprint density at radius 3 is 2.71 bits per heavy atom. The van der Waals surface area contributed by atoms with Gasteiger partial charge >= 0.3 is 0 Å². The Balaban J connectivity index is 2.38. The van der Waals surface area contributed by atoms with Crippen LogP contribution in [0.25, 0.3) is 0 Å². The van der Waals surface area contributed by atoms with Crippen molar-refractivity contribution in [2.24, 2.45) is 0 Å². The molecule has 0 aliphatic rings. The van der Waals surface area contributed by atoms with Crippen LogP contribution in [0.15, 0.2) is 35.3 Å². The second-order valence-electron chi connectivity index (χ2n) is 4.74. The van der Waals surface area contributed by atoms with Crippen molar-refractivity contribution in [3.05, 3.63) is 51.9 Å². The van der Waals surface area contributed by atoms with Gasteiger partial charge in [0.1, 0.15) is 5.75 Å². The summed E-state index contributed by atoms with van der Waals surface area (Å²) in [6.45, 7) is 0.255. The van der Waals surface area contributed by atoms with E-state index >= 15 is 0 Å². The minimum Gasteiger partial charge on any atom is -0.496 e. The van der Waals surface area contributed by atoms with Gasteiger partial charge in [0.2, 0.25) is 0 Å². The smallest absolute Gasteiger partial charge is 0.269 e. The van der Waals surface area contributed by atoms with Crippen LogP contribution in [-0.2, 0) is 6.54 Å². The Hall–Kier alpha value is -2.81. The predicted octanol–water partition coefficient (Wildman–Crippen LogP) is 1.24. The zero-order valence-electron chi connectivity index (χ0n) is 12.2. The minimum absolute atomic E-state index is 0.203. The summed E-state index contributed by atoms with van der Waals surface area (Å²) in [6, 6.07) is 8.69. The zero-order valence-corrected chi connectivity index (χ0v) is 12.2. The maximum atomic E-state index is 12.1. The fraction of sp³-hybridized carbons (Fsp3) is 0.267. The summed E-state index contributed by atoms with van der Waals surface area (Å²) in [7, 11) is 5.25. The van der Waals surface area contributed by atoms with Crippen molar-refractivity contribution in [2.45, 2.75) is 6.54 Å². The van der Waals surface area contributed by atoms with Crippen LogP contribution in [0.5, 0.6) is 5.75 Å². The van der Waals surface area contributed by atoms with Gasteiger partial charge in [-0.25, -0.2) is 4.68 Å². The maximum absolute atomic E-state index is 12.1. The summed E-state index contributed by atoms with van der Waals surface area (Å²) in [6.07, 6.45) is 1.63. The number of hydrogen-bond donors (Lipinski definition) is 0. The standard InChI is InChI=1S/C15H16N4O2/c1-18(2)13-7-15(20)19(17-9-13)10-12-6-11(8-16)4-5-14(12)21-3/h4-7,9H,10H2,1-3H3. The molecule has 2 aromatic rings. The Labute approximate surface area is 122 Å². The van der Waals surface area contributed by atoms with Crippen molar-refractivity contribution in [3.8, 4) is 11.8 Å². The number of hydrogen-bond acceptors (Lipinski definition) is 5. The van der Waals surface area contributed by atoms with Gasteiger partial charge in [0, 0.05) is 25.7 Å². The summed E-state index contributed by atoms with van der Waals surface area (Å²) in [5.41, 5.74) is 1.80. The monoisotopic (exact) mass is 284 g/mol. The molecule has 0 saturated carbocycles. The van der Waals surface area contributed by atoms with E-state index in [0.29, 0.717) is 11.3 Å². The molecule has 6 nitrogen and oxygen atoms in total. The topological polar surface area (TPSA) is 71.2 Å². The molecule has 0 spiro atoms. The molecular weight excluding hydrogens is 268 g/mol. The Bertz CT molecular complexity index is 744. The SMILES string of the molecule is COc1ccc(C#N)cc1Cn1ncc(N(C)C)cc1=O. The first-order valence-electron chi connectivity index (χ1n) is 6.36. The Kier molecular flexibility index (Phi) is 4.24. The van der Waals surface area contributed by atoms with Crippen LogP contribution in [0, 0.1) is 11.3 Å². The number of aromatic nitrogens is 2. The van der Waals surface area contributed by atoms with Gasteiger partial charge in [0.05, 0.1) is 37.2 Å². The molecule has 0 fully saturated rings. The van der Waals surface area contributed by atoms with Gasteiger partial charge < -0.3 is 9.64 Å². The highest BCUT2D eigenvalue weighted by Gasteiger charge is 2.08. The van der Waals surface area contributed by atoms with E-state index in [4.69, 9.17) is 10.00 Å². The van der Waals surface area contributed by atoms with Gasteiger partial charge in [-0.2, -0.15) is 10.4 Å². The van der Waals surface area contributed by atoms with Crippen molar-refractivity contribution in [3.63, 3.8) is 0 Å². The first kappa shape index (κ1) is 14.6. The number of methoxy groups -OCH3 is 1. The van der Waals surface area contributed by atoms with Gasteiger partial charge in [0.25, 0.3) is 5.56 Å². The molecule has 0 N–H and O–H groups in total. The Morgan fingerprint density at radius 1 is 1.38 bits per heavy atom. The third-order valence-electron chi connectivity index (χ3n) is 3.10. The van der Waals surface area contributed by atoms with Crippen LogP contribution in [0.2, 0.25) is 0 Å². The van der Waals surface area contributed by atoms with Gasteiger partial charge in [-0.1, -0.05) is 0 Å². The molecule has 0 aliphatic heterocycles. The second-order valence-corrected chi connectivity index (χ2v) is 4.74. The molecule has 1 aromatic carbocycles. The van der Waals surface area contributed by atoms with E-state index in [9.17, 15) is 4.79 Å². The van der Waals surface area contributed by atoms with E-state index in [-0.39, 0.29) is 12.1 Å². The molecule has 0 saturated heterocycles. The van der Waals surface area contributed by atoms with E-state index in [2.05, 4.69) is 11.2 Å². The largest absolute Gasteiger partial charge is 0.496 e. The molecule has 2 rings (SSSR count). The van der Waals surface area contributed by atoms with Crippen LogP contribution in [0.3, 0.4) is 0 Å². The number of benzene rings is 1. The van der Waals surface area contributed by atoms with Crippen LogP contribution < -0.4 is 15.2 Å². The first-order chi connectivity index (χ1) is 10.0. The third kappa shape index (κ3) is 3.20.